The van der Waals surface area contributed by atoms with Crippen LogP contribution in [0.25, 0.3) is 0 Å². The molecule has 0 radical (unpaired) electrons. The quantitative estimate of drug-likeness (QED) is 0.289. The Balaban J connectivity index is 1.72. The minimum atomic E-state index is -1.73. The lowest BCUT2D eigenvalue weighted by atomic mass is 10.2. The second kappa shape index (κ2) is 8.45. The highest BCUT2D eigenvalue weighted by Crippen LogP contribution is 2.25. The molecule has 3 rings (SSSR count). The van der Waals surface area contributed by atoms with E-state index < -0.39 is 14.1 Å². The van der Waals surface area contributed by atoms with Gasteiger partial charge < -0.3 is 10.4 Å². The molecule has 0 bridgehead atoms. The number of nitrogens with one attached hydrogen (secondary N) is 1. The standard InChI is InChI=1S/C19H21ClN4O3Si/c1-28(2,3)18(14-7-5-4-6-8-14)27-24-13-17(26-23-24)22-19(25)21-16-11-9-15(20)10-12-16/h4-13,18H,1-3H3,(H-,21,22,23,25). The van der Waals surface area contributed by atoms with Crippen molar-refractivity contribution in [1.29, 1.82) is 0 Å². The molecule has 146 valence electrons. The Labute approximate surface area is 169 Å². The normalized spacial score (nSPS) is 13.2. The van der Waals surface area contributed by atoms with Gasteiger partial charge in [-0.15, -0.1) is 0 Å². The first kappa shape index (κ1) is 19.9. The van der Waals surface area contributed by atoms with Crippen molar-refractivity contribution in [1.82, 2.24) is 5.27 Å². The average Bonchev–Trinajstić information content (AvgIpc) is 3.08. The number of benzene rings is 2. The van der Waals surface area contributed by atoms with Gasteiger partial charge in [0.1, 0.15) is 8.07 Å². The number of amidine groups is 1. The zero-order chi connectivity index (χ0) is 20.1. The molecule has 3 aromatic rings. The SMILES string of the molecule is C[Si](C)(C)C(O[n+]1cc(N=C([O-])Nc2ccc(Cl)cc2)on1)c1ccccc1. The van der Waals surface area contributed by atoms with Crippen LogP contribution in [0.5, 0.6) is 0 Å². The smallest absolute Gasteiger partial charge is 0.328 e. The number of aliphatic imine (C=N–C) groups is 1. The summed E-state index contributed by atoms with van der Waals surface area (Å²) in [7, 11) is -1.73. The van der Waals surface area contributed by atoms with Crippen LogP contribution in [0.2, 0.25) is 24.7 Å². The Morgan fingerprint density at radius 2 is 1.86 bits per heavy atom. The third-order valence-corrected chi connectivity index (χ3v) is 6.11. The molecule has 1 atom stereocenters. The fourth-order valence-electron chi connectivity index (χ4n) is 2.56. The third-order valence-electron chi connectivity index (χ3n) is 3.85. The number of hydrogen-bond acceptors (Lipinski definition) is 5. The zero-order valence-electron chi connectivity index (χ0n) is 15.8. The van der Waals surface area contributed by atoms with Crippen LogP contribution in [-0.2, 0) is 0 Å². The molecule has 28 heavy (non-hydrogen) atoms. The molecular weight excluding hydrogens is 396 g/mol. The number of aromatic nitrogens is 2. The van der Waals surface area contributed by atoms with Crippen LogP contribution in [0.4, 0.5) is 11.6 Å². The highest BCUT2D eigenvalue weighted by atomic mass is 35.5. The molecule has 0 fully saturated rings. The van der Waals surface area contributed by atoms with Gasteiger partial charge in [-0.25, -0.2) is 9.83 Å². The number of nitrogens with zero attached hydrogens (tertiary/aromatic N) is 3. The van der Waals surface area contributed by atoms with Crippen molar-refractivity contribution in [2.24, 2.45) is 4.99 Å². The average molecular weight is 417 g/mol. The maximum absolute atomic E-state index is 12.0. The first-order chi connectivity index (χ1) is 13.3. The second-order valence-corrected chi connectivity index (χ2v) is 12.9. The van der Waals surface area contributed by atoms with Gasteiger partial charge in [0.05, 0.1) is 6.02 Å². The van der Waals surface area contributed by atoms with Gasteiger partial charge in [0, 0.05) is 10.7 Å². The predicted octanol–water partition coefficient (Wildman–Crippen LogP) is 3.12. The maximum Gasteiger partial charge on any atom is 0.328 e. The Bertz CT molecular complexity index is 940. The first-order valence-electron chi connectivity index (χ1n) is 8.70. The molecule has 1 aromatic heterocycles. The fourth-order valence-corrected chi connectivity index (χ4v) is 4.30. The Hall–Kier alpha value is -2.84. The van der Waals surface area contributed by atoms with Gasteiger partial charge >= 0.3 is 12.1 Å². The number of rotatable bonds is 6. The van der Waals surface area contributed by atoms with E-state index in [1.54, 1.807) is 24.3 Å². The lowest BCUT2D eigenvalue weighted by Crippen LogP contribution is -2.52. The van der Waals surface area contributed by atoms with E-state index in [4.69, 9.17) is 21.0 Å². The van der Waals surface area contributed by atoms with Crippen molar-refractivity contribution in [3.05, 3.63) is 71.4 Å². The molecular formula is C19H21ClN4O3Si. The number of hydrogen-bond donors (Lipinski definition) is 1. The molecule has 2 aromatic carbocycles. The second-order valence-electron chi connectivity index (χ2n) is 7.25. The van der Waals surface area contributed by atoms with Crippen molar-refractivity contribution in [2.45, 2.75) is 25.4 Å². The summed E-state index contributed by atoms with van der Waals surface area (Å²) in [4.78, 5) is 11.1. The highest BCUT2D eigenvalue weighted by molar-refractivity contribution is 6.77. The van der Waals surface area contributed by atoms with Gasteiger partial charge in [-0.2, -0.15) is 0 Å². The molecule has 0 saturated heterocycles. The minimum Gasteiger partial charge on any atom is -0.846 e. The summed E-state index contributed by atoms with van der Waals surface area (Å²) >= 11 is 5.83. The van der Waals surface area contributed by atoms with Crippen LogP contribution in [0.15, 0.2) is 70.3 Å². The van der Waals surface area contributed by atoms with Crippen LogP contribution in [0, 0.1) is 0 Å². The van der Waals surface area contributed by atoms with E-state index in [1.807, 2.05) is 30.3 Å². The van der Waals surface area contributed by atoms with Gasteiger partial charge in [0.25, 0.3) is 5.27 Å². The molecule has 0 aliphatic carbocycles. The molecule has 1 N–H and O–H groups in total. The zero-order valence-corrected chi connectivity index (χ0v) is 17.6. The van der Waals surface area contributed by atoms with Crippen LogP contribution in [-0.4, -0.2) is 19.4 Å². The molecule has 0 amide bonds. The maximum atomic E-state index is 12.0. The molecule has 0 spiro atoms. The van der Waals surface area contributed by atoms with Gasteiger partial charge in [-0.05, 0) is 29.8 Å². The molecule has 0 aliphatic heterocycles. The largest absolute Gasteiger partial charge is 0.846 e. The first-order valence-corrected chi connectivity index (χ1v) is 12.7. The molecule has 0 saturated carbocycles. The predicted molar refractivity (Wildman–Crippen MR) is 108 cm³/mol. The van der Waals surface area contributed by atoms with Crippen molar-refractivity contribution >= 4 is 37.3 Å². The lowest BCUT2D eigenvalue weighted by molar-refractivity contribution is -0.945. The number of anilines is 1. The molecule has 1 heterocycles. The van der Waals surface area contributed by atoms with E-state index in [-0.39, 0.29) is 11.6 Å². The Morgan fingerprint density at radius 1 is 1.18 bits per heavy atom. The van der Waals surface area contributed by atoms with Crippen molar-refractivity contribution in [3.8, 4) is 0 Å². The van der Waals surface area contributed by atoms with Crippen molar-refractivity contribution in [3.63, 3.8) is 0 Å². The van der Waals surface area contributed by atoms with E-state index in [2.05, 4.69) is 35.2 Å². The van der Waals surface area contributed by atoms with Crippen molar-refractivity contribution < 1.29 is 19.3 Å². The van der Waals surface area contributed by atoms with E-state index in [0.29, 0.717) is 10.7 Å². The fraction of sp³-hybridized carbons (Fsp3) is 0.211. The van der Waals surface area contributed by atoms with Crippen LogP contribution in [0.3, 0.4) is 0 Å². The van der Waals surface area contributed by atoms with Gasteiger partial charge in [-0.3, -0.25) is 4.52 Å². The van der Waals surface area contributed by atoms with Gasteiger partial charge in [0.15, 0.2) is 10.6 Å². The Kier molecular flexibility index (Phi) is 6.01. The Morgan fingerprint density at radius 3 is 2.50 bits per heavy atom. The summed E-state index contributed by atoms with van der Waals surface area (Å²) < 4.78 is 5.10. The van der Waals surface area contributed by atoms with Crippen molar-refractivity contribution in [2.75, 3.05) is 5.32 Å². The van der Waals surface area contributed by atoms with Crippen LogP contribution in [0.1, 0.15) is 11.3 Å². The summed E-state index contributed by atoms with van der Waals surface area (Å²) in [6.07, 6.45) is 1.43. The topological polar surface area (TPSA) is 86.6 Å². The minimum absolute atomic E-state index is 0.0360. The molecule has 7 nitrogen and oxygen atoms in total. The molecule has 9 heteroatoms. The van der Waals surface area contributed by atoms with Gasteiger partial charge in [-0.1, -0.05) is 61.6 Å². The van der Waals surface area contributed by atoms with Gasteiger partial charge in [0.2, 0.25) is 0 Å². The van der Waals surface area contributed by atoms with E-state index in [9.17, 15) is 5.11 Å². The molecule has 1 unspecified atom stereocenters. The summed E-state index contributed by atoms with van der Waals surface area (Å²) in [5.74, 6) is 0.0360. The van der Waals surface area contributed by atoms with E-state index >= 15 is 0 Å². The summed E-state index contributed by atoms with van der Waals surface area (Å²) in [5.41, 5.74) is 1.50. The number of halogens is 1. The van der Waals surface area contributed by atoms with Crippen LogP contribution >= 0.6 is 11.6 Å². The highest BCUT2D eigenvalue weighted by Gasteiger charge is 2.35. The summed E-state index contributed by atoms with van der Waals surface area (Å²) in [5, 5.41) is 19.1. The lowest BCUT2D eigenvalue weighted by Gasteiger charge is -2.23. The van der Waals surface area contributed by atoms with E-state index in [1.165, 1.54) is 11.0 Å². The summed E-state index contributed by atoms with van der Waals surface area (Å²) in [6.45, 7) is 6.61. The summed E-state index contributed by atoms with van der Waals surface area (Å²) in [6, 6.07) is 16.1. The third kappa shape index (κ3) is 5.34. The van der Waals surface area contributed by atoms with E-state index in [0.717, 1.165) is 5.56 Å². The van der Waals surface area contributed by atoms with Crippen LogP contribution < -0.4 is 20.1 Å². The molecule has 0 aliphatic rings. The monoisotopic (exact) mass is 416 g/mol.